The lowest BCUT2D eigenvalue weighted by atomic mass is 10.2. The van der Waals surface area contributed by atoms with Crippen LogP contribution in [0.5, 0.6) is 0 Å². The molecule has 0 radical (unpaired) electrons. The van der Waals surface area contributed by atoms with Crippen LogP contribution in [0, 0.1) is 5.92 Å². The molecule has 1 aliphatic rings. The monoisotopic (exact) mass is 213 g/mol. The highest BCUT2D eigenvalue weighted by Gasteiger charge is 2.21. The molecule has 0 saturated heterocycles. The first-order valence-corrected chi connectivity index (χ1v) is 5.39. The predicted octanol–water partition coefficient (Wildman–Crippen LogP) is 0.220. The van der Waals surface area contributed by atoms with Crippen LogP contribution in [0.1, 0.15) is 26.2 Å². The third-order valence-electron chi connectivity index (χ3n) is 2.56. The fourth-order valence-corrected chi connectivity index (χ4v) is 1.29. The van der Waals surface area contributed by atoms with Gasteiger partial charge in [-0.2, -0.15) is 0 Å². The van der Waals surface area contributed by atoms with Crippen LogP contribution in [0.3, 0.4) is 0 Å². The van der Waals surface area contributed by atoms with E-state index in [0.29, 0.717) is 0 Å². The minimum absolute atomic E-state index is 0.287. The second-order valence-electron chi connectivity index (χ2n) is 3.98. The van der Waals surface area contributed by atoms with E-state index in [2.05, 4.69) is 16.0 Å². The van der Waals surface area contributed by atoms with E-state index in [1.807, 2.05) is 0 Å². The Labute approximate surface area is 90.0 Å². The first-order chi connectivity index (χ1) is 7.13. The molecule has 1 fully saturated rings. The number of carbonyl (C=O) groups is 2. The van der Waals surface area contributed by atoms with Crippen molar-refractivity contribution in [3.8, 4) is 0 Å². The molecule has 1 unspecified atom stereocenters. The van der Waals surface area contributed by atoms with E-state index in [1.54, 1.807) is 6.92 Å². The number of rotatable bonds is 5. The number of imide groups is 1. The number of nitrogens with one attached hydrogen (secondary N) is 3. The van der Waals surface area contributed by atoms with E-state index in [1.165, 1.54) is 19.9 Å². The molecule has 1 saturated carbocycles. The van der Waals surface area contributed by atoms with Crippen molar-refractivity contribution in [3.05, 3.63) is 0 Å². The van der Waals surface area contributed by atoms with Crippen molar-refractivity contribution >= 4 is 11.9 Å². The molecule has 5 nitrogen and oxygen atoms in total. The van der Waals surface area contributed by atoms with Crippen molar-refractivity contribution in [2.24, 2.45) is 5.92 Å². The molecule has 1 rings (SSSR count). The fraction of sp³-hybridized carbons (Fsp3) is 0.800. The number of urea groups is 1. The van der Waals surface area contributed by atoms with Crippen LogP contribution in [-0.4, -0.2) is 31.6 Å². The van der Waals surface area contributed by atoms with Gasteiger partial charge < -0.3 is 10.6 Å². The number of hydrogen-bond donors (Lipinski definition) is 3. The van der Waals surface area contributed by atoms with E-state index in [-0.39, 0.29) is 11.9 Å². The van der Waals surface area contributed by atoms with E-state index in [0.717, 1.165) is 18.9 Å². The molecule has 86 valence electrons. The Balaban J connectivity index is 2.10. The highest BCUT2D eigenvalue weighted by atomic mass is 16.2. The SMILES string of the molecule is CNC(=O)NC(=O)C(C)NCCC1CC1. The normalized spacial score (nSPS) is 16.9. The topological polar surface area (TPSA) is 70.2 Å². The van der Waals surface area contributed by atoms with Gasteiger partial charge in [0.2, 0.25) is 5.91 Å². The fourth-order valence-electron chi connectivity index (χ4n) is 1.29. The Morgan fingerprint density at radius 3 is 2.60 bits per heavy atom. The standard InChI is InChI=1S/C10H19N3O2/c1-7(9(14)13-10(15)11-2)12-6-5-8-3-4-8/h7-8,12H,3-6H2,1-2H3,(H2,11,13,14,15). The zero-order chi connectivity index (χ0) is 11.3. The minimum Gasteiger partial charge on any atom is -0.341 e. The Kier molecular flexibility index (Phi) is 4.55. The van der Waals surface area contributed by atoms with Gasteiger partial charge >= 0.3 is 6.03 Å². The molecular weight excluding hydrogens is 194 g/mol. The van der Waals surface area contributed by atoms with Crippen LogP contribution in [0.25, 0.3) is 0 Å². The van der Waals surface area contributed by atoms with Crippen LogP contribution in [-0.2, 0) is 4.79 Å². The molecular formula is C10H19N3O2. The van der Waals surface area contributed by atoms with Crippen molar-refractivity contribution in [2.45, 2.75) is 32.2 Å². The lowest BCUT2D eigenvalue weighted by Gasteiger charge is -2.12. The lowest BCUT2D eigenvalue weighted by molar-refractivity contribution is -0.121. The van der Waals surface area contributed by atoms with Crippen LogP contribution in [0.4, 0.5) is 4.79 Å². The van der Waals surface area contributed by atoms with Crippen molar-refractivity contribution < 1.29 is 9.59 Å². The molecule has 1 atom stereocenters. The molecule has 5 heteroatoms. The van der Waals surface area contributed by atoms with Crippen LogP contribution in [0.15, 0.2) is 0 Å². The summed E-state index contributed by atoms with van der Waals surface area (Å²) >= 11 is 0. The smallest absolute Gasteiger partial charge is 0.321 e. The van der Waals surface area contributed by atoms with Gasteiger partial charge in [-0.15, -0.1) is 0 Å². The van der Waals surface area contributed by atoms with Gasteiger partial charge in [0.15, 0.2) is 0 Å². The van der Waals surface area contributed by atoms with Gasteiger partial charge in [-0.05, 0) is 25.8 Å². The summed E-state index contributed by atoms with van der Waals surface area (Å²) in [5.74, 6) is 0.567. The second-order valence-corrected chi connectivity index (χ2v) is 3.98. The Morgan fingerprint density at radius 1 is 1.40 bits per heavy atom. The number of carbonyl (C=O) groups excluding carboxylic acids is 2. The van der Waals surface area contributed by atoms with Gasteiger partial charge in [-0.1, -0.05) is 12.8 Å². The van der Waals surface area contributed by atoms with Gasteiger partial charge in [0.25, 0.3) is 0 Å². The molecule has 0 spiro atoms. The lowest BCUT2D eigenvalue weighted by Crippen LogP contribution is -2.47. The molecule has 0 aromatic carbocycles. The summed E-state index contributed by atoms with van der Waals surface area (Å²) in [5, 5.41) is 7.66. The maximum Gasteiger partial charge on any atom is 0.321 e. The summed E-state index contributed by atoms with van der Waals surface area (Å²) in [6, 6.07) is -0.781. The summed E-state index contributed by atoms with van der Waals surface area (Å²) in [6.07, 6.45) is 3.76. The van der Waals surface area contributed by atoms with E-state index in [4.69, 9.17) is 0 Å². The quantitative estimate of drug-likeness (QED) is 0.612. The number of hydrogen-bond acceptors (Lipinski definition) is 3. The van der Waals surface area contributed by atoms with Gasteiger partial charge in [-0.3, -0.25) is 10.1 Å². The molecule has 1 aliphatic carbocycles. The zero-order valence-corrected chi connectivity index (χ0v) is 9.30. The largest absolute Gasteiger partial charge is 0.341 e. The molecule has 0 heterocycles. The van der Waals surface area contributed by atoms with Gasteiger partial charge in [0, 0.05) is 7.05 Å². The zero-order valence-electron chi connectivity index (χ0n) is 9.30. The second kappa shape index (κ2) is 5.70. The van der Waals surface area contributed by atoms with Gasteiger partial charge in [0.05, 0.1) is 6.04 Å². The van der Waals surface area contributed by atoms with Crippen molar-refractivity contribution in [1.82, 2.24) is 16.0 Å². The Hall–Kier alpha value is -1.10. The van der Waals surface area contributed by atoms with Crippen molar-refractivity contribution in [3.63, 3.8) is 0 Å². The molecule has 3 amide bonds. The molecule has 0 bridgehead atoms. The van der Waals surface area contributed by atoms with Gasteiger partial charge in [-0.25, -0.2) is 4.79 Å². The molecule has 0 aliphatic heterocycles. The molecule has 3 N–H and O–H groups in total. The van der Waals surface area contributed by atoms with Gasteiger partial charge in [0.1, 0.15) is 0 Å². The number of amides is 3. The maximum absolute atomic E-state index is 11.4. The van der Waals surface area contributed by atoms with E-state index in [9.17, 15) is 9.59 Å². The first-order valence-electron chi connectivity index (χ1n) is 5.39. The third kappa shape index (κ3) is 4.78. The summed E-state index contributed by atoms with van der Waals surface area (Å²) in [4.78, 5) is 22.2. The van der Waals surface area contributed by atoms with Crippen LogP contribution < -0.4 is 16.0 Å². The average molecular weight is 213 g/mol. The van der Waals surface area contributed by atoms with E-state index < -0.39 is 6.03 Å². The molecule has 0 aromatic rings. The Bertz CT molecular complexity index is 239. The summed E-state index contributed by atoms with van der Waals surface area (Å²) in [6.45, 7) is 2.60. The highest BCUT2D eigenvalue weighted by Crippen LogP contribution is 2.31. The van der Waals surface area contributed by atoms with Crippen LogP contribution in [0.2, 0.25) is 0 Å². The predicted molar refractivity (Wildman–Crippen MR) is 57.4 cm³/mol. The summed E-state index contributed by atoms with van der Waals surface area (Å²) < 4.78 is 0. The summed E-state index contributed by atoms with van der Waals surface area (Å²) in [5.41, 5.74) is 0. The average Bonchev–Trinajstić information content (AvgIpc) is 3.01. The van der Waals surface area contributed by atoms with Crippen molar-refractivity contribution in [1.29, 1.82) is 0 Å². The molecule has 15 heavy (non-hydrogen) atoms. The van der Waals surface area contributed by atoms with Crippen molar-refractivity contribution in [2.75, 3.05) is 13.6 Å². The Morgan fingerprint density at radius 2 is 2.07 bits per heavy atom. The van der Waals surface area contributed by atoms with Crippen LogP contribution >= 0.6 is 0 Å². The third-order valence-corrected chi connectivity index (χ3v) is 2.56. The maximum atomic E-state index is 11.4. The minimum atomic E-state index is -0.462. The van der Waals surface area contributed by atoms with E-state index >= 15 is 0 Å². The first kappa shape index (κ1) is 12.0. The summed E-state index contributed by atoms with van der Waals surface area (Å²) in [7, 11) is 1.48. The highest BCUT2D eigenvalue weighted by molar-refractivity contribution is 5.96. The molecule has 0 aromatic heterocycles.